The second kappa shape index (κ2) is 9.81. The Labute approximate surface area is 217 Å². The van der Waals surface area contributed by atoms with Gasteiger partial charge in [-0.05, 0) is 49.9 Å². The number of hydrogen-bond donors (Lipinski definition) is 1. The summed E-state index contributed by atoms with van der Waals surface area (Å²) in [7, 11) is 1.59. The summed E-state index contributed by atoms with van der Waals surface area (Å²) in [6.07, 6.45) is 6.08. The van der Waals surface area contributed by atoms with E-state index in [1.54, 1.807) is 7.05 Å². The Balaban J connectivity index is 1.80. The van der Waals surface area contributed by atoms with Gasteiger partial charge < -0.3 is 15.2 Å². The molecule has 0 aliphatic heterocycles. The van der Waals surface area contributed by atoms with Crippen molar-refractivity contribution in [1.29, 1.82) is 0 Å². The average Bonchev–Trinajstić information content (AvgIpc) is 3.53. The third-order valence-electron chi connectivity index (χ3n) is 7.45. The summed E-state index contributed by atoms with van der Waals surface area (Å²) in [6, 6.07) is 18.3. The molecule has 7 heteroatoms. The lowest BCUT2D eigenvalue weighted by Crippen LogP contribution is -2.39. The Morgan fingerprint density at radius 2 is 1.70 bits per heavy atom. The van der Waals surface area contributed by atoms with Crippen LogP contribution in [-0.2, 0) is 13.6 Å². The highest BCUT2D eigenvalue weighted by Crippen LogP contribution is 2.37. The topological polar surface area (TPSA) is 78.2 Å². The Morgan fingerprint density at radius 1 is 1.05 bits per heavy atom. The van der Waals surface area contributed by atoms with Crippen LogP contribution in [0.2, 0.25) is 0 Å². The molecular weight excluding hydrogens is 462 g/mol. The Bertz CT molecular complexity index is 1550. The maximum Gasteiger partial charge on any atom is 0.331 e. The van der Waals surface area contributed by atoms with Gasteiger partial charge in [0.1, 0.15) is 11.2 Å². The van der Waals surface area contributed by atoms with Crippen molar-refractivity contribution in [2.45, 2.75) is 58.2 Å². The molecule has 37 heavy (non-hydrogen) atoms. The molecule has 5 rings (SSSR count). The Kier molecular flexibility index (Phi) is 6.54. The molecule has 1 fully saturated rings. The molecule has 0 unspecified atom stereocenters. The quantitative estimate of drug-likeness (QED) is 0.383. The SMILES string of the molecule is C=C(N)c1ccc(Cn2cc3c(c2N(c2ccccc2)C(C)C)c(=O)n(C)c(=O)n3C2CCCC2)cc1. The zero-order valence-electron chi connectivity index (χ0n) is 21.9. The smallest absolute Gasteiger partial charge is 0.331 e. The van der Waals surface area contributed by atoms with Crippen LogP contribution in [0.1, 0.15) is 56.7 Å². The van der Waals surface area contributed by atoms with Gasteiger partial charge in [-0.25, -0.2) is 4.79 Å². The van der Waals surface area contributed by atoms with Crippen LogP contribution in [-0.4, -0.2) is 19.7 Å². The zero-order chi connectivity index (χ0) is 26.3. The first kappa shape index (κ1) is 24.7. The van der Waals surface area contributed by atoms with Gasteiger partial charge >= 0.3 is 5.69 Å². The number of nitrogens with zero attached hydrogens (tertiary/aromatic N) is 4. The van der Waals surface area contributed by atoms with Crippen LogP contribution in [0.25, 0.3) is 16.6 Å². The zero-order valence-corrected chi connectivity index (χ0v) is 21.9. The van der Waals surface area contributed by atoms with Gasteiger partial charge in [-0.2, -0.15) is 0 Å². The van der Waals surface area contributed by atoms with Gasteiger partial charge in [0.25, 0.3) is 5.56 Å². The number of fused-ring (bicyclic) bond motifs is 1. The molecule has 7 nitrogen and oxygen atoms in total. The number of aromatic nitrogens is 3. The van der Waals surface area contributed by atoms with Gasteiger partial charge in [0, 0.05) is 43.3 Å². The molecule has 192 valence electrons. The maximum absolute atomic E-state index is 13.8. The molecule has 0 amide bonds. The van der Waals surface area contributed by atoms with Gasteiger partial charge in [-0.15, -0.1) is 0 Å². The van der Waals surface area contributed by atoms with Crippen LogP contribution in [0.15, 0.2) is 77.0 Å². The minimum atomic E-state index is -0.264. The summed E-state index contributed by atoms with van der Waals surface area (Å²) in [4.78, 5) is 29.4. The molecule has 4 aromatic rings. The van der Waals surface area contributed by atoms with Crippen molar-refractivity contribution in [2.75, 3.05) is 4.90 Å². The second-order valence-corrected chi connectivity index (χ2v) is 10.3. The molecule has 0 radical (unpaired) electrons. The second-order valence-electron chi connectivity index (χ2n) is 10.3. The number of benzene rings is 2. The van der Waals surface area contributed by atoms with Crippen molar-refractivity contribution in [3.05, 3.63) is 99.3 Å². The first-order valence-electron chi connectivity index (χ1n) is 13.0. The average molecular weight is 498 g/mol. The van der Waals surface area contributed by atoms with Gasteiger partial charge in [-0.3, -0.25) is 13.9 Å². The number of nitrogens with two attached hydrogens (primary N) is 1. The lowest BCUT2D eigenvalue weighted by atomic mass is 10.1. The summed E-state index contributed by atoms with van der Waals surface area (Å²) in [5, 5.41) is 0.582. The van der Waals surface area contributed by atoms with Crippen LogP contribution >= 0.6 is 0 Å². The van der Waals surface area contributed by atoms with E-state index >= 15 is 0 Å². The molecular formula is C30H35N5O2. The lowest BCUT2D eigenvalue weighted by molar-refractivity contribution is 0.492. The molecule has 2 aromatic heterocycles. The first-order valence-corrected chi connectivity index (χ1v) is 13.0. The molecule has 1 aliphatic carbocycles. The standard InChI is InChI=1S/C30H35N5O2/c1-20(2)34(24-10-6-5-7-11-24)28-27-26(19-33(28)18-22-14-16-23(17-15-22)21(3)31)35(25-12-8-9-13-25)30(37)32(4)29(27)36/h5-7,10-11,14-17,19-20,25H,3,8-9,12-13,18,31H2,1-2,4H3. The molecule has 1 aliphatic rings. The fourth-order valence-electron chi connectivity index (χ4n) is 5.61. The van der Waals surface area contributed by atoms with Gasteiger partial charge in [0.2, 0.25) is 0 Å². The van der Waals surface area contributed by atoms with E-state index in [0.717, 1.165) is 48.3 Å². The molecule has 0 saturated heterocycles. The van der Waals surface area contributed by atoms with E-state index in [0.29, 0.717) is 23.1 Å². The molecule has 0 bridgehead atoms. The van der Waals surface area contributed by atoms with E-state index in [2.05, 4.69) is 42.0 Å². The van der Waals surface area contributed by atoms with Crippen LogP contribution in [0, 0.1) is 0 Å². The largest absolute Gasteiger partial charge is 0.399 e. The summed E-state index contributed by atoms with van der Waals surface area (Å²) in [6.45, 7) is 8.61. The minimum Gasteiger partial charge on any atom is -0.399 e. The van der Waals surface area contributed by atoms with E-state index in [9.17, 15) is 9.59 Å². The van der Waals surface area contributed by atoms with Crippen LogP contribution in [0.3, 0.4) is 0 Å². The monoisotopic (exact) mass is 497 g/mol. The molecule has 0 atom stereocenters. The van der Waals surface area contributed by atoms with Crippen LogP contribution < -0.4 is 21.9 Å². The van der Waals surface area contributed by atoms with Gasteiger partial charge in [0.15, 0.2) is 0 Å². The van der Waals surface area contributed by atoms with Crippen molar-refractivity contribution in [2.24, 2.45) is 12.8 Å². The number of para-hydroxylation sites is 1. The summed E-state index contributed by atoms with van der Waals surface area (Å²) < 4.78 is 5.27. The number of anilines is 2. The van der Waals surface area contributed by atoms with E-state index < -0.39 is 0 Å². The van der Waals surface area contributed by atoms with E-state index in [1.165, 1.54) is 4.57 Å². The molecule has 2 heterocycles. The van der Waals surface area contributed by atoms with E-state index in [4.69, 9.17) is 5.73 Å². The summed E-state index contributed by atoms with van der Waals surface area (Å²) in [5.74, 6) is 0.802. The fourth-order valence-corrected chi connectivity index (χ4v) is 5.61. The molecule has 0 spiro atoms. The van der Waals surface area contributed by atoms with Gasteiger partial charge in [0.05, 0.1) is 5.52 Å². The third-order valence-corrected chi connectivity index (χ3v) is 7.45. The Hall–Kier alpha value is -4.00. The van der Waals surface area contributed by atoms with Crippen molar-refractivity contribution < 1.29 is 0 Å². The van der Waals surface area contributed by atoms with Crippen molar-refractivity contribution in [1.82, 2.24) is 13.7 Å². The lowest BCUT2D eigenvalue weighted by Gasteiger charge is -2.30. The predicted octanol–water partition coefficient (Wildman–Crippen LogP) is 5.14. The first-order chi connectivity index (χ1) is 17.8. The summed E-state index contributed by atoms with van der Waals surface area (Å²) >= 11 is 0. The van der Waals surface area contributed by atoms with Crippen LogP contribution in [0.5, 0.6) is 0 Å². The van der Waals surface area contributed by atoms with Crippen LogP contribution in [0.4, 0.5) is 11.5 Å². The third kappa shape index (κ3) is 4.39. The molecule has 2 N–H and O–H groups in total. The molecule has 2 aromatic carbocycles. The molecule has 1 saturated carbocycles. The van der Waals surface area contributed by atoms with Crippen molar-refractivity contribution in [3.8, 4) is 0 Å². The predicted molar refractivity (Wildman–Crippen MR) is 151 cm³/mol. The Morgan fingerprint density at radius 3 is 2.30 bits per heavy atom. The normalized spacial score (nSPS) is 14.1. The van der Waals surface area contributed by atoms with Gasteiger partial charge in [-0.1, -0.05) is 61.9 Å². The van der Waals surface area contributed by atoms with E-state index in [1.807, 2.05) is 53.2 Å². The van der Waals surface area contributed by atoms with Crippen molar-refractivity contribution in [3.63, 3.8) is 0 Å². The minimum absolute atomic E-state index is 0.0683. The van der Waals surface area contributed by atoms with E-state index in [-0.39, 0.29) is 23.3 Å². The fraction of sp³-hybridized carbons (Fsp3) is 0.333. The van der Waals surface area contributed by atoms with Crippen molar-refractivity contribution >= 4 is 28.1 Å². The summed E-state index contributed by atoms with van der Waals surface area (Å²) in [5.41, 5.74) is 9.55. The highest BCUT2D eigenvalue weighted by molar-refractivity contribution is 5.93. The maximum atomic E-state index is 13.8. The highest BCUT2D eigenvalue weighted by atomic mass is 16.2. The number of hydrogen-bond acceptors (Lipinski definition) is 4. The number of rotatable bonds is 7. The highest BCUT2D eigenvalue weighted by Gasteiger charge is 2.29.